The first-order valence-electron chi connectivity index (χ1n) is 5.79. The number of imide groups is 1. The predicted octanol–water partition coefficient (Wildman–Crippen LogP) is -0.0522. The van der Waals surface area contributed by atoms with Crippen molar-refractivity contribution in [2.24, 2.45) is 5.73 Å². The van der Waals surface area contributed by atoms with Crippen LogP contribution in [0.3, 0.4) is 0 Å². The maximum absolute atomic E-state index is 11.9. The Labute approximate surface area is 109 Å². The summed E-state index contributed by atoms with van der Waals surface area (Å²) in [5.41, 5.74) is 5.85. The summed E-state index contributed by atoms with van der Waals surface area (Å²) in [7, 11) is 0. The number of carbonyl (C=O) groups is 3. The van der Waals surface area contributed by atoms with Crippen LogP contribution in [0.15, 0.2) is 30.3 Å². The van der Waals surface area contributed by atoms with E-state index in [2.05, 4.69) is 10.6 Å². The van der Waals surface area contributed by atoms with Crippen molar-refractivity contribution >= 4 is 18.0 Å². The number of amides is 5. The number of nitrogens with zero attached hydrogens (tertiary/aromatic N) is 1. The van der Waals surface area contributed by atoms with Gasteiger partial charge in [-0.3, -0.25) is 4.79 Å². The number of primary amides is 1. The maximum Gasteiger partial charge on any atom is 0.326 e. The molecule has 5 amide bonds. The van der Waals surface area contributed by atoms with Gasteiger partial charge >= 0.3 is 12.1 Å². The van der Waals surface area contributed by atoms with E-state index in [1.807, 2.05) is 0 Å². The highest BCUT2D eigenvalue weighted by Crippen LogP contribution is 2.12. The predicted molar refractivity (Wildman–Crippen MR) is 67.0 cm³/mol. The Morgan fingerprint density at radius 1 is 1.32 bits per heavy atom. The van der Waals surface area contributed by atoms with E-state index in [1.54, 1.807) is 30.3 Å². The van der Waals surface area contributed by atoms with E-state index in [1.165, 1.54) is 0 Å². The Kier molecular flexibility index (Phi) is 3.65. The fourth-order valence-electron chi connectivity index (χ4n) is 1.83. The molecule has 19 heavy (non-hydrogen) atoms. The van der Waals surface area contributed by atoms with Crippen molar-refractivity contribution in [3.8, 4) is 0 Å². The molecule has 1 saturated heterocycles. The molecule has 1 heterocycles. The summed E-state index contributed by atoms with van der Waals surface area (Å²) < 4.78 is 0. The Morgan fingerprint density at radius 3 is 2.53 bits per heavy atom. The molecule has 7 nitrogen and oxygen atoms in total. The first kappa shape index (κ1) is 12.9. The molecule has 1 unspecified atom stereocenters. The number of urea groups is 2. The summed E-state index contributed by atoms with van der Waals surface area (Å²) in [5, 5.41) is 4.96. The molecule has 4 N–H and O–H groups in total. The van der Waals surface area contributed by atoms with Crippen LogP contribution >= 0.6 is 0 Å². The standard InChI is InChI=1S/C12H14N4O3/c13-10(17)9(8-4-2-1-3-5-8)15-12(19)16-7-6-14-11(16)18/h1-5,9H,6-7H2,(H2,13,17)(H,14,18)(H,15,19). The highest BCUT2D eigenvalue weighted by atomic mass is 16.2. The maximum atomic E-state index is 11.9. The van der Waals surface area contributed by atoms with Crippen molar-refractivity contribution in [1.29, 1.82) is 0 Å². The summed E-state index contributed by atoms with van der Waals surface area (Å²) in [6.45, 7) is 0.670. The third-order valence-electron chi connectivity index (χ3n) is 2.79. The molecule has 7 heteroatoms. The van der Waals surface area contributed by atoms with Crippen LogP contribution in [-0.4, -0.2) is 36.0 Å². The van der Waals surface area contributed by atoms with Gasteiger partial charge < -0.3 is 16.4 Å². The number of nitrogens with one attached hydrogen (secondary N) is 2. The van der Waals surface area contributed by atoms with E-state index in [-0.39, 0.29) is 6.54 Å². The van der Waals surface area contributed by atoms with E-state index in [9.17, 15) is 14.4 Å². The lowest BCUT2D eigenvalue weighted by atomic mass is 10.1. The Balaban J connectivity index is 2.12. The zero-order chi connectivity index (χ0) is 13.8. The van der Waals surface area contributed by atoms with Gasteiger partial charge in [-0.25, -0.2) is 14.5 Å². The summed E-state index contributed by atoms with van der Waals surface area (Å²) in [4.78, 5) is 35.7. The highest BCUT2D eigenvalue weighted by molar-refractivity contribution is 5.97. The van der Waals surface area contributed by atoms with Crippen molar-refractivity contribution < 1.29 is 14.4 Å². The van der Waals surface area contributed by atoms with E-state index in [0.717, 1.165) is 4.90 Å². The minimum Gasteiger partial charge on any atom is -0.368 e. The van der Waals surface area contributed by atoms with Gasteiger partial charge in [0.25, 0.3) is 0 Å². The van der Waals surface area contributed by atoms with Gasteiger partial charge in [-0.2, -0.15) is 0 Å². The smallest absolute Gasteiger partial charge is 0.326 e. The van der Waals surface area contributed by atoms with Crippen LogP contribution < -0.4 is 16.4 Å². The Morgan fingerprint density at radius 2 is 2.00 bits per heavy atom. The van der Waals surface area contributed by atoms with Gasteiger partial charge in [0.05, 0.1) is 0 Å². The zero-order valence-corrected chi connectivity index (χ0v) is 10.1. The molecule has 0 radical (unpaired) electrons. The van der Waals surface area contributed by atoms with Crippen LogP contribution in [0.2, 0.25) is 0 Å². The van der Waals surface area contributed by atoms with Crippen molar-refractivity contribution in [1.82, 2.24) is 15.5 Å². The second kappa shape index (κ2) is 5.38. The normalized spacial score (nSPS) is 15.8. The van der Waals surface area contributed by atoms with Crippen molar-refractivity contribution in [2.75, 3.05) is 13.1 Å². The van der Waals surface area contributed by atoms with Gasteiger partial charge in [-0.05, 0) is 5.56 Å². The Hall–Kier alpha value is -2.57. The average Bonchev–Trinajstić information content (AvgIpc) is 2.82. The molecule has 1 aliphatic rings. The molecule has 1 aromatic rings. The quantitative estimate of drug-likeness (QED) is 0.711. The minimum atomic E-state index is -0.956. The molecule has 0 spiro atoms. The van der Waals surface area contributed by atoms with Crippen LogP contribution in [0.4, 0.5) is 9.59 Å². The molecule has 1 aromatic carbocycles. The number of carbonyl (C=O) groups excluding carboxylic acids is 3. The summed E-state index contributed by atoms with van der Waals surface area (Å²) >= 11 is 0. The number of hydrogen-bond donors (Lipinski definition) is 3. The summed E-state index contributed by atoms with van der Waals surface area (Å²) in [6.07, 6.45) is 0. The van der Waals surface area contributed by atoms with Crippen LogP contribution in [0, 0.1) is 0 Å². The average molecular weight is 262 g/mol. The highest BCUT2D eigenvalue weighted by Gasteiger charge is 2.29. The first-order valence-corrected chi connectivity index (χ1v) is 5.79. The van der Waals surface area contributed by atoms with E-state index in [4.69, 9.17) is 5.73 Å². The van der Waals surface area contributed by atoms with E-state index >= 15 is 0 Å². The molecule has 1 fully saturated rings. The van der Waals surface area contributed by atoms with Gasteiger partial charge in [0.1, 0.15) is 6.04 Å². The van der Waals surface area contributed by atoms with Gasteiger partial charge in [-0.15, -0.1) is 0 Å². The molecule has 0 aliphatic carbocycles. The van der Waals surface area contributed by atoms with Crippen molar-refractivity contribution in [2.45, 2.75) is 6.04 Å². The minimum absolute atomic E-state index is 0.269. The van der Waals surface area contributed by atoms with E-state index in [0.29, 0.717) is 12.1 Å². The lowest BCUT2D eigenvalue weighted by Crippen LogP contribution is -2.46. The first-order chi connectivity index (χ1) is 9.09. The van der Waals surface area contributed by atoms with Gasteiger partial charge in [0, 0.05) is 13.1 Å². The fraction of sp³-hybridized carbons (Fsp3) is 0.250. The topological polar surface area (TPSA) is 105 Å². The van der Waals surface area contributed by atoms with Crippen LogP contribution in [0.1, 0.15) is 11.6 Å². The number of hydrogen-bond acceptors (Lipinski definition) is 3. The third-order valence-corrected chi connectivity index (χ3v) is 2.79. The fourth-order valence-corrected chi connectivity index (χ4v) is 1.83. The molecule has 0 saturated carbocycles. The summed E-state index contributed by atoms with van der Waals surface area (Å²) in [5.74, 6) is -0.681. The van der Waals surface area contributed by atoms with Gasteiger partial charge in [0.15, 0.2) is 0 Å². The van der Waals surface area contributed by atoms with Crippen LogP contribution in [0.5, 0.6) is 0 Å². The molecule has 1 atom stereocenters. The zero-order valence-electron chi connectivity index (χ0n) is 10.1. The lowest BCUT2D eigenvalue weighted by Gasteiger charge is -2.19. The van der Waals surface area contributed by atoms with Crippen molar-refractivity contribution in [3.05, 3.63) is 35.9 Å². The second-order valence-corrected chi connectivity index (χ2v) is 4.08. The van der Waals surface area contributed by atoms with Gasteiger partial charge in [-0.1, -0.05) is 30.3 Å². The second-order valence-electron chi connectivity index (χ2n) is 4.08. The van der Waals surface area contributed by atoms with Gasteiger partial charge in [0.2, 0.25) is 5.91 Å². The van der Waals surface area contributed by atoms with E-state index < -0.39 is 24.0 Å². The molecular weight excluding hydrogens is 248 g/mol. The monoisotopic (exact) mass is 262 g/mol. The molecule has 2 rings (SSSR count). The molecule has 0 aromatic heterocycles. The molecule has 100 valence electrons. The SMILES string of the molecule is NC(=O)C(NC(=O)N1CCNC1=O)c1ccccc1. The molecule has 0 bridgehead atoms. The van der Waals surface area contributed by atoms with Crippen LogP contribution in [-0.2, 0) is 4.79 Å². The van der Waals surface area contributed by atoms with Crippen LogP contribution in [0.25, 0.3) is 0 Å². The largest absolute Gasteiger partial charge is 0.368 e. The number of rotatable bonds is 3. The summed E-state index contributed by atoms with van der Waals surface area (Å²) in [6, 6.07) is 6.55. The molecule has 1 aliphatic heterocycles. The number of benzene rings is 1. The Bertz CT molecular complexity index is 503. The number of nitrogens with two attached hydrogens (primary N) is 1. The molecular formula is C12H14N4O3. The van der Waals surface area contributed by atoms with Crippen molar-refractivity contribution in [3.63, 3.8) is 0 Å². The third kappa shape index (κ3) is 2.82. The lowest BCUT2D eigenvalue weighted by molar-refractivity contribution is -0.119.